The van der Waals surface area contributed by atoms with Gasteiger partial charge in [0.15, 0.2) is 11.6 Å². The van der Waals surface area contributed by atoms with Crippen LogP contribution in [0.5, 0.6) is 5.75 Å². The van der Waals surface area contributed by atoms with Crippen LogP contribution >= 0.6 is 0 Å². The summed E-state index contributed by atoms with van der Waals surface area (Å²) in [5.41, 5.74) is 0.949. The Balaban J connectivity index is 2.02. The van der Waals surface area contributed by atoms with Gasteiger partial charge in [-0.15, -0.1) is 0 Å². The Morgan fingerprint density at radius 3 is 2.85 bits per heavy atom. The van der Waals surface area contributed by atoms with Crippen molar-refractivity contribution in [3.63, 3.8) is 0 Å². The summed E-state index contributed by atoms with van der Waals surface area (Å²) in [5.74, 6) is 0.0179. The van der Waals surface area contributed by atoms with E-state index in [-0.39, 0.29) is 5.82 Å². The molecule has 2 atom stereocenters. The fourth-order valence-corrected chi connectivity index (χ4v) is 2.92. The van der Waals surface area contributed by atoms with Gasteiger partial charge in [-0.05, 0) is 44.9 Å². The van der Waals surface area contributed by atoms with Crippen LogP contribution in [0.2, 0.25) is 0 Å². The number of benzene rings is 1. The zero-order valence-electron chi connectivity index (χ0n) is 12.7. The third-order valence-corrected chi connectivity index (χ3v) is 4.03. The van der Waals surface area contributed by atoms with Gasteiger partial charge in [-0.3, -0.25) is 0 Å². The van der Waals surface area contributed by atoms with Crippen LogP contribution < -0.4 is 15.0 Å². The van der Waals surface area contributed by atoms with Gasteiger partial charge in [0.25, 0.3) is 0 Å². The molecule has 1 N–H and O–H groups in total. The lowest BCUT2D eigenvalue weighted by atomic mass is 9.97. The van der Waals surface area contributed by atoms with E-state index in [9.17, 15) is 4.39 Å². The lowest BCUT2D eigenvalue weighted by Crippen LogP contribution is -2.47. The fourth-order valence-electron chi connectivity index (χ4n) is 2.92. The highest BCUT2D eigenvalue weighted by Crippen LogP contribution is 2.28. The highest BCUT2D eigenvalue weighted by molar-refractivity contribution is 5.51. The van der Waals surface area contributed by atoms with Crippen molar-refractivity contribution in [3.05, 3.63) is 24.0 Å². The average molecular weight is 280 g/mol. The summed E-state index contributed by atoms with van der Waals surface area (Å²) in [7, 11) is 1.49. The molecule has 0 spiro atoms. The van der Waals surface area contributed by atoms with Gasteiger partial charge < -0.3 is 15.0 Å². The van der Waals surface area contributed by atoms with Crippen LogP contribution in [0, 0.1) is 5.82 Å². The third kappa shape index (κ3) is 3.42. The molecule has 1 fully saturated rings. The standard InChI is InChI=1S/C16H25FN2O/c1-4-8-18-13-7-9-19(12(2)10-13)14-5-6-16(20-3)15(17)11-14/h5-6,11-13,18H,4,7-10H2,1-3H3. The number of halogens is 1. The van der Waals surface area contributed by atoms with E-state index in [0.29, 0.717) is 17.8 Å². The Hall–Kier alpha value is -1.29. The van der Waals surface area contributed by atoms with Crippen LogP contribution in [0.15, 0.2) is 18.2 Å². The van der Waals surface area contributed by atoms with Crippen molar-refractivity contribution in [1.82, 2.24) is 5.32 Å². The number of nitrogens with one attached hydrogen (secondary N) is 1. The van der Waals surface area contributed by atoms with Crippen molar-refractivity contribution in [1.29, 1.82) is 0 Å². The number of methoxy groups -OCH3 is 1. The zero-order valence-corrected chi connectivity index (χ0v) is 12.7. The Bertz CT molecular complexity index is 438. The molecule has 20 heavy (non-hydrogen) atoms. The van der Waals surface area contributed by atoms with Gasteiger partial charge in [0.05, 0.1) is 7.11 Å². The van der Waals surface area contributed by atoms with Gasteiger partial charge in [0, 0.05) is 30.4 Å². The Kier molecular flexibility index (Phi) is 5.24. The predicted octanol–water partition coefficient (Wildman–Crippen LogP) is 3.19. The van der Waals surface area contributed by atoms with E-state index < -0.39 is 0 Å². The molecule has 2 unspecified atom stereocenters. The van der Waals surface area contributed by atoms with Gasteiger partial charge >= 0.3 is 0 Å². The van der Waals surface area contributed by atoms with Crippen LogP contribution in [0.1, 0.15) is 33.1 Å². The second-order valence-corrected chi connectivity index (χ2v) is 5.54. The molecule has 0 bridgehead atoms. The minimum absolute atomic E-state index is 0.288. The number of hydrogen-bond acceptors (Lipinski definition) is 3. The Labute approximate surface area is 121 Å². The molecule has 2 rings (SSSR count). The fraction of sp³-hybridized carbons (Fsp3) is 0.625. The van der Waals surface area contributed by atoms with E-state index in [1.807, 2.05) is 6.07 Å². The molecular weight excluding hydrogens is 255 g/mol. The number of hydrogen-bond donors (Lipinski definition) is 1. The van der Waals surface area contributed by atoms with E-state index in [2.05, 4.69) is 24.1 Å². The number of anilines is 1. The van der Waals surface area contributed by atoms with E-state index in [4.69, 9.17) is 4.74 Å². The molecule has 1 aromatic rings. The molecular formula is C16H25FN2O. The summed E-state index contributed by atoms with van der Waals surface area (Å²) in [4.78, 5) is 2.28. The van der Waals surface area contributed by atoms with E-state index >= 15 is 0 Å². The molecule has 0 amide bonds. The summed E-state index contributed by atoms with van der Waals surface area (Å²) in [5, 5.41) is 3.58. The van der Waals surface area contributed by atoms with Crippen molar-refractivity contribution in [2.75, 3.05) is 25.1 Å². The lowest BCUT2D eigenvalue weighted by molar-refractivity contribution is 0.367. The first kappa shape index (κ1) is 15.1. The van der Waals surface area contributed by atoms with Gasteiger partial charge in [0.2, 0.25) is 0 Å². The van der Waals surface area contributed by atoms with Crippen LogP contribution in [-0.2, 0) is 0 Å². The Morgan fingerprint density at radius 2 is 2.25 bits per heavy atom. The van der Waals surface area contributed by atoms with Crippen molar-refractivity contribution >= 4 is 5.69 Å². The molecule has 0 saturated carbocycles. The number of rotatable bonds is 5. The maximum Gasteiger partial charge on any atom is 0.167 e. The smallest absolute Gasteiger partial charge is 0.167 e. The summed E-state index contributed by atoms with van der Waals surface area (Å²) in [6, 6.07) is 6.24. The summed E-state index contributed by atoms with van der Waals surface area (Å²) in [6.07, 6.45) is 3.38. The van der Waals surface area contributed by atoms with Crippen molar-refractivity contribution < 1.29 is 9.13 Å². The maximum atomic E-state index is 13.8. The second kappa shape index (κ2) is 6.93. The topological polar surface area (TPSA) is 24.5 Å². The minimum Gasteiger partial charge on any atom is -0.494 e. The van der Waals surface area contributed by atoms with E-state index in [1.54, 1.807) is 12.1 Å². The number of nitrogens with zero attached hydrogens (tertiary/aromatic N) is 1. The van der Waals surface area contributed by atoms with Crippen LogP contribution in [0.4, 0.5) is 10.1 Å². The molecule has 112 valence electrons. The van der Waals surface area contributed by atoms with E-state index in [1.165, 1.54) is 7.11 Å². The zero-order chi connectivity index (χ0) is 14.5. The van der Waals surface area contributed by atoms with Gasteiger partial charge in [-0.2, -0.15) is 0 Å². The summed E-state index contributed by atoms with van der Waals surface area (Å²) in [6.45, 7) is 6.44. The molecule has 1 aromatic carbocycles. The van der Waals surface area contributed by atoms with Gasteiger partial charge in [-0.1, -0.05) is 6.92 Å². The van der Waals surface area contributed by atoms with Crippen molar-refractivity contribution in [2.24, 2.45) is 0 Å². The normalized spacial score (nSPS) is 22.9. The first-order chi connectivity index (χ1) is 9.65. The largest absolute Gasteiger partial charge is 0.494 e. The minimum atomic E-state index is -0.288. The maximum absolute atomic E-state index is 13.8. The van der Waals surface area contributed by atoms with Gasteiger partial charge in [-0.25, -0.2) is 4.39 Å². The SMILES string of the molecule is CCCNC1CCN(c2ccc(OC)c(F)c2)C(C)C1. The number of piperidine rings is 1. The lowest BCUT2D eigenvalue weighted by Gasteiger charge is -2.39. The highest BCUT2D eigenvalue weighted by Gasteiger charge is 2.25. The van der Waals surface area contributed by atoms with Crippen LogP contribution in [-0.4, -0.2) is 32.3 Å². The quantitative estimate of drug-likeness (QED) is 0.896. The summed E-state index contributed by atoms with van der Waals surface area (Å²) < 4.78 is 18.8. The molecule has 0 aromatic heterocycles. The van der Waals surface area contributed by atoms with Gasteiger partial charge in [0.1, 0.15) is 0 Å². The molecule has 1 heterocycles. The Morgan fingerprint density at radius 1 is 1.45 bits per heavy atom. The van der Waals surface area contributed by atoms with Crippen LogP contribution in [0.25, 0.3) is 0 Å². The van der Waals surface area contributed by atoms with E-state index in [0.717, 1.165) is 38.0 Å². The molecule has 1 aliphatic rings. The predicted molar refractivity (Wildman–Crippen MR) is 81.1 cm³/mol. The molecule has 0 aliphatic carbocycles. The molecule has 1 saturated heterocycles. The molecule has 1 aliphatic heterocycles. The van der Waals surface area contributed by atoms with Crippen molar-refractivity contribution in [3.8, 4) is 5.75 Å². The monoisotopic (exact) mass is 280 g/mol. The molecule has 3 nitrogen and oxygen atoms in total. The van der Waals surface area contributed by atoms with Crippen molar-refractivity contribution in [2.45, 2.75) is 45.2 Å². The third-order valence-electron chi connectivity index (χ3n) is 4.03. The molecule has 4 heteroatoms. The first-order valence-electron chi connectivity index (χ1n) is 7.49. The summed E-state index contributed by atoms with van der Waals surface area (Å²) >= 11 is 0. The molecule has 0 radical (unpaired) electrons. The van der Waals surface area contributed by atoms with Crippen LogP contribution in [0.3, 0.4) is 0 Å². The first-order valence-corrected chi connectivity index (χ1v) is 7.49. The second-order valence-electron chi connectivity index (χ2n) is 5.54. The average Bonchev–Trinajstić information content (AvgIpc) is 2.45. The number of ether oxygens (including phenoxy) is 1. The highest BCUT2D eigenvalue weighted by atomic mass is 19.1.